The second-order valence-corrected chi connectivity index (χ2v) is 6.07. The Balaban J connectivity index is 0.00000200. The highest BCUT2D eigenvalue weighted by Crippen LogP contribution is 2.29. The number of carbonyl (C=O) groups excluding carboxylic acids is 1. The van der Waals surface area contributed by atoms with Crippen LogP contribution < -0.4 is 5.73 Å². The smallest absolute Gasteiger partial charge is 0.229 e. The first-order valence-electron chi connectivity index (χ1n) is 7.09. The molecule has 1 fully saturated rings. The van der Waals surface area contributed by atoms with E-state index in [1.54, 1.807) is 0 Å². The van der Waals surface area contributed by atoms with Crippen LogP contribution in [0.25, 0.3) is 0 Å². The van der Waals surface area contributed by atoms with Gasteiger partial charge in [-0.1, -0.05) is 30.3 Å². The molecular formula is C16H25ClN2O. The Labute approximate surface area is 127 Å². The van der Waals surface area contributed by atoms with Crippen molar-refractivity contribution in [3.63, 3.8) is 0 Å². The Bertz CT molecular complexity index is 425. The fraction of sp³-hybridized carbons (Fsp3) is 0.562. The van der Waals surface area contributed by atoms with Crippen LogP contribution in [0.4, 0.5) is 0 Å². The van der Waals surface area contributed by atoms with Crippen molar-refractivity contribution in [3.05, 3.63) is 35.9 Å². The highest BCUT2D eigenvalue weighted by molar-refractivity contribution is 5.85. The van der Waals surface area contributed by atoms with Crippen LogP contribution in [0, 0.1) is 5.41 Å². The van der Waals surface area contributed by atoms with Crippen molar-refractivity contribution < 1.29 is 4.79 Å². The van der Waals surface area contributed by atoms with Crippen LogP contribution in [-0.2, 0) is 4.79 Å². The van der Waals surface area contributed by atoms with Crippen LogP contribution >= 0.6 is 12.4 Å². The molecule has 0 saturated carbocycles. The van der Waals surface area contributed by atoms with Gasteiger partial charge in [0.25, 0.3) is 0 Å². The number of nitrogens with two attached hydrogens (primary N) is 1. The number of piperidine rings is 1. The second-order valence-electron chi connectivity index (χ2n) is 6.07. The van der Waals surface area contributed by atoms with E-state index in [-0.39, 0.29) is 18.3 Å². The average Bonchev–Trinajstić information content (AvgIpc) is 2.47. The molecule has 1 aromatic carbocycles. The van der Waals surface area contributed by atoms with Gasteiger partial charge in [0.15, 0.2) is 0 Å². The third-order valence-corrected chi connectivity index (χ3v) is 4.14. The summed E-state index contributed by atoms with van der Waals surface area (Å²) in [4.78, 5) is 14.3. The van der Waals surface area contributed by atoms with Gasteiger partial charge in [0.1, 0.15) is 0 Å². The number of hydrogen-bond acceptors (Lipinski definition) is 2. The van der Waals surface area contributed by atoms with E-state index in [9.17, 15) is 4.79 Å². The van der Waals surface area contributed by atoms with Gasteiger partial charge in [-0.05, 0) is 38.2 Å². The number of likely N-dealkylation sites (tertiary alicyclic amines) is 1. The van der Waals surface area contributed by atoms with Crippen molar-refractivity contribution in [2.24, 2.45) is 11.1 Å². The molecule has 1 saturated heterocycles. The minimum atomic E-state index is -0.431. The zero-order chi connectivity index (χ0) is 13.9. The van der Waals surface area contributed by atoms with Crippen molar-refractivity contribution >= 4 is 18.3 Å². The summed E-state index contributed by atoms with van der Waals surface area (Å²) in [6, 6.07) is 10.6. The minimum Gasteiger partial charge on any atom is -0.342 e. The van der Waals surface area contributed by atoms with E-state index in [1.165, 1.54) is 5.56 Å². The molecule has 1 amide bonds. The van der Waals surface area contributed by atoms with Crippen LogP contribution in [0.15, 0.2) is 30.3 Å². The quantitative estimate of drug-likeness (QED) is 0.932. The van der Waals surface area contributed by atoms with E-state index in [0.717, 1.165) is 25.9 Å². The molecule has 0 unspecified atom stereocenters. The van der Waals surface area contributed by atoms with Crippen molar-refractivity contribution in [1.29, 1.82) is 0 Å². The van der Waals surface area contributed by atoms with E-state index in [0.29, 0.717) is 12.5 Å². The summed E-state index contributed by atoms with van der Waals surface area (Å²) in [5.41, 5.74) is 6.65. The van der Waals surface area contributed by atoms with Gasteiger partial charge in [0, 0.05) is 19.6 Å². The summed E-state index contributed by atoms with van der Waals surface area (Å²) in [7, 11) is 0. The van der Waals surface area contributed by atoms with Crippen molar-refractivity contribution in [2.45, 2.75) is 32.6 Å². The maximum Gasteiger partial charge on any atom is 0.229 e. The highest BCUT2D eigenvalue weighted by Gasteiger charge is 2.33. The molecule has 20 heavy (non-hydrogen) atoms. The van der Waals surface area contributed by atoms with Crippen LogP contribution in [0.2, 0.25) is 0 Å². The van der Waals surface area contributed by atoms with Gasteiger partial charge < -0.3 is 10.6 Å². The fourth-order valence-corrected chi connectivity index (χ4v) is 2.66. The van der Waals surface area contributed by atoms with Gasteiger partial charge in [0.05, 0.1) is 5.41 Å². The Morgan fingerprint density at radius 2 is 1.80 bits per heavy atom. The molecule has 1 aliphatic heterocycles. The lowest BCUT2D eigenvalue weighted by Crippen LogP contribution is -2.47. The van der Waals surface area contributed by atoms with Gasteiger partial charge in [-0.2, -0.15) is 0 Å². The largest absolute Gasteiger partial charge is 0.342 e. The molecule has 0 aliphatic carbocycles. The first kappa shape index (κ1) is 17.0. The van der Waals surface area contributed by atoms with Gasteiger partial charge >= 0.3 is 0 Å². The molecule has 2 N–H and O–H groups in total. The number of nitrogens with zero attached hydrogens (tertiary/aromatic N) is 1. The summed E-state index contributed by atoms with van der Waals surface area (Å²) in [6.07, 6.45) is 2.10. The minimum absolute atomic E-state index is 0. The predicted octanol–water partition coefficient (Wildman–Crippen LogP) is 2.80. The molecule has 0 aromatic heterocycles. The molecule has 0 spiro atoms. The Hall–Kier alpha value is -1.06. The summed E-state index contributed by atoms with van der Waals surface area (Å²) in [6.45, 7) is 5.96. The number of halogens is 1. The lowest BCUT2D eigenvalue weighted by Gasteiger charge is -2.36. The second kappa shape index (κ2) is 7.09. The monoisotopic (exact) mass is 296 g/mol. The number of benzene rings is 1. The lowest BCUT2D eigenvalue weighted by atomic mass is 9.86. The number of hydrogen-bond donors (Lipinski definition) is 1. The molecular weight excluding hydrogens is 272 g/mol. The van der Waals surface area contributed by atoms with Gasteiger partial charge in [-0.25, -0.2) is 0 Å². The maximum atomic E-state index is 12.3. The molecule has 112 valence electrons. The zero-order valence-corrected chi connectivity index (χ0v) is 13.2. The molecule has 1 heterocycles. The first-order valence-corrected chi connectivity index (χ1v) is 7.09. The van der Waals surface area contributed by atoms with Crippen LogP contribution in [0.3, 0.4) is 0 Å². The third-order valence-electron chi connectivity index (χ3n) is 4.14. The number of amides is 1. The Kier molecular flexibility index (Phi) is 6.03. The third kappa shape index (κ3) is 3.74. The molecule has 0 bridgehead atoms. The topological polar surface area (TPSA) is 46.3 Å². The normalized spacial score (nSPS) is 16.6. The number of carbonyl (C=O) groups is 1. The predicted molar refractivity (Wildman–Crippen MR) is 85.1 cm³/mol. The summed E-state index contributed by atoms with van der Waals surface area (Å²) >= 11 is 0. The van der Waals surface area contributed by atoms with Gasteiger partial charge in [-0.3, -0.25) is 4.79 Å². The van der Waals surface area contributed by atoms with E-state index in [2.05, 4.69) is 24.3 Å². The van der Waals surface area contributed by atoms with Crippen molar-refractivity contribution in [3.8, 4) is 0 Å². The van der Waals surface area contributed by atoms with E-state index < -0.39 is 5.41 Å². The molecule has 2 rings (SSSR count). The van der Waals surface area contributed by atoms with Crippen LogP contribution in [0.5, 0.6) is 0 Å². The summed E-state index contributed by atoms with van der Waals surface area (Å²) in [5.74, 6) is 0.785. The van der Waals surface area contributed by atoms with E-state index in [4.69, 9.17) is 5.73 Å². The molecule has 4 heteroatoms. The highest BCUT2D eigenvalue weighted by atomic mass is 35.5. The van der Waals surface area contributed by atoms with E-state index >= 15 is 0 Å². The molecule has 1 aromatic rings. The van der Waals surface area contributed by atoms with Gasteiger partial charge in [0.2, 0.25) is 5.91 Å². The lowest BCUT2D eigenvalue weighted by molar-refractivity contribution is -0.140. The van der Waals surface area contributed by atoms with Crippen molar-refractivity contribution in [2.75, 3.05) is 19.6 Å². The summed E-state index contributed by atoms with van der Waals surface area (Å²) < 4.78 is 0. The first-order chi connectivity index (χ1) is 9.04. The van der Waals surface area contributed by atoms with Gasteiger partial charge in [-0.15, -0.1) is 12.4 Å². The molecule has 0 atom stereocenters. The fourth-order valence-electron chi connectivity index (χ4n) is 2.66. The van der Waals surface area contributed by atoms with E-state index in [1.807, 2.05) is 24.8 Å². The number of rotatable bonds is 3. The molecule has 3 nitrogen and oxygen atoms in total. The molecule has 1 aliphatic rings. The standard InChI is InChI=1S/C16H24N2O.ClH/c1-16(2,12-17)15(19)18-10-8-14(9-11-18)13-6-4-3-5-7-13;/h3-7,14H,8-12,17H2,1-2H3;1H. The van der Waals surface area contributed by atoms with Crippen LogP contribution in [0.1, 0.15) is 38.2 Å². The Morgan fingerprint density at radius 3 is 2.30 bits per heavy atom. The summed E-state index contributed by atoms with van der Waals surface area (Å²) in [5, 5.41) is 0. The zero-order valence-electron chi connectivity index (χ0n) is 12.3. The average molecular weight is 297 g/mol. The Morgan fingerprint density at radius 1 is 1.25 bits per heavy atom. The molecule has 0 radical (unpaired) electrons. The maximum absolute atomic E-state index is 12.3. The SMILES string of the molecule is CC(C)(CN)C(=O)N1CCC(c2ccccc2)CC1.Cl. The van der Waals surface area contributed by atoms with Crippen molar-refractivity contribution in [1.82, 2.24) is 4.90 Å². The van der Waals surface area contributed by atoms with Crippen LogP contribution in [-0.4, -0.2) is 30.4 Å².